The largest absolute Gasteiger partial charge is 2.00 e. The maximum absolute atomic E-state index is 0. The van der Waals surface area contributed by atoms with Crippen molar-refractivity contribution in [2.75, 3.05) is 0 Å². The average Bonchev–Trinajstić information content (AvgIpc) is 0. The Balaban J connectivity index is 0. The molecule has 0 fully saturated rings. The molecule has 4 heteroatoms. The van der Waals surface area contributed by atoms with E-state index in [2.05, 4.69) is 0 Å². The fourth-order valence-corrected chi connectivity index (χ4v) is 0. The Morgan fingerprint density at radius 3 is 0.750 bits per heavy atom. The van der Waals surface area contributed by atoms with Crippen molar-refractivity contribution < 1.29 is 16.4 Å². The summed E-state index contributed by atoms with van der Waals surface area (Å²) >= 11 is 0. The Kier molecular flexibility index (Phi) is 323. The zero-order chi connectivity index (χ0) is 0. The molecule has 0 aromatic heterocycles. The molecule has 0 spiro atoms. The van der Waals surface area contributed by atoms with Crippen molar-refractivity contribution in [3.63, 3.8) is 0 Å². The first-order valence-electron chi connectivity index (χ1n) is 0. The van der Waals surface area contributed by atoms with E-state index in [4.69, 9.17) is 0 Å². The number of rotatable bonds is 0. The molecule has 0 aromatic rings. The third kappa shape index (κ3) is 9.85. The van der Waals surface area contributed by atoms with Crippen LogP contribution in [0.5, 0.6) is 0 Å². The van der Waals surface area contributed by atoms with Gasteiger partial charge in [-0.25, -0.2) is 0 Å². The SMILES string of the molecule is O.O.[Ba+2].[OH-]. The third-order valence-electron chi connectivity index (χ3n) is 0. The van der Waals surface area contributed by atoms with E-state index in [0.29, 0.717) is 0 Å². The van der Waals surface area contributed by atoms with E-state index in [1.807, 2.05) is 0 Å². The monoisotopic (exact) mass is 191 g/mol. The van der Waals surface area contributed by atoms with Gasteiger partial charge in [-0.2, -0.15) is 0 Å². The minimum Gasteiger partial charge on any atom is -0.870 e. The van der Waals surface area contributed by atoms with Gasteiger partial charge in [0.15, 0.2) is 0 Å². The Hall–Kier alpha value is 1.45. The Morgan fingerprint density at radius 1 is 0.750 bits per heavy atom. The van der Waals surface area contributed by atoms with Crippen LogP contribution in [0.25, 0.3) is 0 Å². The van der Waals surface area contributed by atoms with Gasteiger partial charge in [-0.05, 0) is 0 Å². The van der Waals surface area contributed by atoms with Crippen molar-refractivity contribution in [2.24, 2.45) is 0 Å². The third-order valence-corrected chi connectivity index (χ3v) is 0. The molecule has 0 heterocycles. The molecule has 5 N–H and O–H groups in total. The molecule has 4 heavy (non-hydrogen) atoms. The molecule has 0 aliphatic rings. The van der Waals surface area contributed by atoms with Crippen LogP contribution in [0.15, 0.2) is 0 Å². The average molecular weight is 190 g/mol. The first-order chi connectivity index (χ1) is 0. The predicted molar refractivity (Wildman–Crippen MR) is 14.9 cm³/mol. The van der Waals surface area contributed by atoms with Gasteiger partial charge in [-0.15, -0.1) is 0 Å². The summed E-state index contributed by atoms with van der Waals surface area (Å²) in [5, 5.41) is 0. The van der Waals surface area contributed by atoms with Crippen LogP contribution < -0.4 is 0 Å². The minimum atomic E-state index is 0. The summed E-state index contributed by atoms with van der Waals surface area (Å²) in [6.07, 6.45) is 0. The smallest absolute Gasteiger partial charge is 0.870 e. The van der Waals surface area contributed by atoms with Gasteiger partial charge in [0, 0.05) is 0 Å². The summed E-state index contributed by atoms with van der Waals surface area (Å²) in [6.45, 7) is 0. The molecule has 0 rings (SSSR count). The van der Waals surface area contributed by atoms with Crippen molar-refractivity contribution in [3.8, 4) is 0 Å². The molecular weight excluding hydrogens is 185 g/mol. The van der Waals surface area contributed by atoms with Gasteiger partial charge in [0.25, 0.3) is 0 Å². The van der Waals surface area contributed by atoms with E-state index >= 15 is 0 Å². The van der Waals surface area contributed by atoms with Crippen molar-refractivity contribution in [3.05, 3.63) is 0 Å². The molecule has 3 nitrogen and oxygen atoms in total. The zero-order valence-corrected chi connectivity index (χ0v) is 6.60. The summed E-state index contributed by atoms with van der Waals surface area (Å²) < 4.78 is 0. The van der Waals surface area contributed by atoms with Crippen molar-refractivity contribution in [1.29, 1.82) is 0 Å². The van der Waals surface area contributed by atoms with E-state index in [1.165, 1.54) is 0 Å². The first kappa shape index (κ1) is 51.3. The first-order valence-corrected chi connectivity index (χ1v) is 0. The van der Waals surface area contributed by atoms with E-state index in [9.17, 15) is 0 Å². The van der Waals surface area contributed by atoms with Crippen LogP contribution in [0.2, 0.25) is 0 Å². The van der Waals surface area contributed by atoms with Gasteiger partial charge < -0.3 is 16.4 Å². The van der Waals surface area contributed by atoms with E-state index < -0.39 is 0 Å². The summed E-state index contributed by atoms with van der Waals surface area (Å²) in [4.78, 5) is 0. The van der Waals surface area contributed by atoms with Crippen molar-refractivity contribution in [1.82, 2.24) is 0 Å². The van der Waals surface area contributed by atoms with Gasteiger partial charge in [0.05, 0.1) is 0 Å². The van der Waals surface area contributed by atoms with Crippen LogP contribution in [0.3, 0.4) is 0 Å². The molecule has 0 atom stereocenters. The molecule has 0 aromatic carbocycles. The van der Waals surface area contributed by atoms with Gasteiger partial charge in [0.1, 0.15) is 0 Å². The van der Waals surface area contributed by atoms with Gasteiger partial charge in [-0.3, -0.25) is 0 Å². The second kappa shape index (κ2) is 25.2. The molecule has 0 amide bonds. The Bertz CT molecular complexity index is 3.25. The molecule has 0 unspecified atom stereocenters. The van der Waals surface area contributed by atoms with Crippen LogP contribution in [-0.4, -0.2) is 65.3 Å². The molecule has 24 valence electrons. The maximum atomic E-state index is 0. The van der Waals surface area contributed by atoms with Crippen LogP contribution in [0.1, 0.15) is 0 Å². The predicted octanol–water partition coefficient (Wildman–Crippen LogP) is -2.21. The van der Waals surface area contributed by atoms with Crippen LogP contribution in [0, 0.1) is 0 Å². The molecule has 0 aliphatic carbocycles. The number of hydrogen-bond donors (Lipinski definition) is 0. The molecule has 0 radical (unpaired) electrons. The molecule has 0 saturated carbocycles. The van der Waals surface area contributed by atoms with Crippen molar-refractivity contribution >= 4 is 48.9 Å². The quantitative estimate of drug-likeness (QED) is 0.398. The molecule has 0 saturated heterocycles. The normalized spacial score (nSPS) is 0. The Morgan fingerprint density at radius 2 is 0.750 bits per heavy atom. The van der Waals surface area contributed by atoms with E-state index in [-0.39, 0.29) is 65.3 Å². The fraction of sp³-hybridized carbons (Fsp3) is 0. The van der Waals surface area contributed by atoms with Crippen molar-refractivity contribution in [2.45, 2.75) is 0 Å². The summed E-state index contributed by atoms with van der Waals surface area (Å²) in [5.41, 5.74) is 0. The Labute approximate surface area is 64.4 Å². The summed E-state index contributed by atoms with van der Waals surface area (Å²) in [6, 6.07) is 0. The molecule has 0 aliphatic heterocycles. The summed E-state index contributed by atoms with van der Waals surface area (Å²) in [5.74, 6) is 0. The molecular formula is H5BaO3+. The van der Waals surface area contributed by atoms with Gasteiger partial charge in [0.2, 0.25) is 0 Å². The number of hydrogen-bond acceptors (Lipinski definition) is 1. The summed E-state index contributed by atoms with van der Waals surface area (Å²) in [7, 11) is 0. The second-order valence-corrected chi connectivity index (χ2v) is 0. The van der Waals surface area contributed by atoms with Gasteiger partial charge >= 0.3 is 48.9 Å². The van der Waals surface area contributed by atoms with Crippen LogP contribution in [0.4, 0.5) is 0 Å². The zero-order valence-electron chi connectivity index (χ0n) is 2.15. The standard InChI is InChI=1S/Ba.3H2O/h;3*1H2/q+2;;;/p-1. The van der Waals surface area contributed by atoms with Gasteiger partial charge in [-0.1, -0.05) is 0 Å². The molecule has 0 bridgehead atoms. The topological polar surface area (TPSA) is 93.0 Å². The minimum absolute atomic E-state index is 0. The van der Waals surface area contributed by atoms with Crippen LogP contribution in [-0.2, 0) is 0 Å². The fourth-order valence-electron chi connectivity index (χ4n) is 0. The maximum Gasteiger partial charge on any atom is 2.00 e. The van der Waals surface area contributed by atoms with E-state index in [1.54, 1.807) is 0 Å². The van der Waals surface area contributed by atoms with Crippen LogP contribution >= 0.6 is 0 Å². The second-order valence-electron chi connectivity index (χ2n) is 0. The van der Waals surface area contributed by atoms with E-state index in [0.717, 1.165) is 0 Å².